The number of nitrogens with one attached hydrogen (secondary N) is 1. The molecule has 2 aromatic rings. The summed E-state index contributed by atoms with van der Waals surface area (Å²) in [5, 5.41) is 7.03. The lowest BCUT2D eigenvalue weighted by atomic mass is 9.77. The molecule has 1 heterocycles. The van der Waals surface area contributed by atoms with Crippen LogP contribution < -0.4 is 5.32 Å². The molecule has 0 saturated heterocycles. The highest BCUT2D eigenvalue weighted by Crippen LogP contribution is 2.41. The average Bonchev–Trinajstić information content (AvgIpc) is 2.97. The van der Waals surface area contributed by atoms with E-state index < -0.39 is 0 Å². The van der Waals surface area contributed by atoms with Crippen LogP contribution in [0.3, 0.4) is 0 Å². The number of aryl methyl sites for hydroxylation is 1. The Hall–Kier alpha value is -1.19. The van der Waals surface area contributed by atoms with E-state index in [-0.39, 0.29) is 5.54 Å². The Labute approximate surface area is 125 Å². The van der Waals surface area contributed by atoms with Gasteiger partial charge in [-0.2, -0.15) is 0 Å². The van der Waals surface area contributed by atoms with Crippen LogP contribution in [0.4, 0.5) is 0 Å². The van der Waals surface area contributed by atoms with Crippen LogP contribution in [0.5, 0.6) is 0 Å². The third kappa shape index (κ3) is 2.09. The van der Waals surface area contributed by atoms with Gasteiger partial charge in [0.1, 0.15) is 5.01 Å². The summed E-state index contributed by atoms with van der Waals surface area (Å²) in [7, 11) is 2.07. The second-order valence-electron chi connectivity index (χ2n) is 5.90. The van der Waals surface area contributed by atoms with Gasteiger partial charge in [-0.25, -0.2) is 4.98 Å². The second-order valence-corrected chi connectivity index (χ2v) is 6.76. The molecule has 0 aliphatic heterocycles. The van der Waals surface area contributed by atoms with E-state index in [0.29, 0.717) is 5.92 Å². The highest BCUT2D eigenvalue weighted by atomic mass is 32.1. The molecule has 0 spiro atoms. The number of hydrogen-bond acceptors (Lipinski definition) is 3. The smallest absolute Gasteiger partial charge is 0.118 e. The molecule has 0 amide bonds. The van der Waals surface area contributed by atoms with E-state index in [1.807, 2.05) is 0 Å². The molecule has 1 aliphatic rings. The van der Waals surface area contributed by atoms with Gasteiger partial charge in [0.2, 0.25) is 0 Å². The number of rotatable bonds is 3. The molecule has 1 atom stereocenters. The number of hydrogen-bond donors (Lipinski definition) is 1. The molecule has 1 aromatic heterocycles. The van der Waals surface area contributed by atoms with E-state index in [1.54, 1.807) is 11.3 Å². The summed E-state index contributed by atoms with van der Waals surface area (Å²) in [6, 6.07) is 8.82. The summed E-state index contributed by atoms with van der Waals surface area (Å²) in [6.45, 7) is 4.42. The van der Waals surface area contributed by atoms with Crippen molar-refractivity contribution >= 4 is 11.3 Å². The maximum absolute atomic E-state index is 4.93. The summed E-state index contributed by atoms with van der Waals surface area (Å²) in [5.74, 6) is 0.493. The Morgan fingerprint density at radius 2 is 2.10 bits per heavy atom. The normalized spacial score (nSPS) is 22.0. The third-order valence-electron chi connectivity index (χ3n) is 4.38. The molecule has 20 heavy (non-hydrogen) atoms. The number of fused-ring (bicyclic) bond motifs is 1. The van der Waals surface area contributed by atoms with Crippen LogP contribution in [0.1, 0.15) is 54.4 Å². The maximum atomic E-state index is 4.93. The van der Waals surface area contributed by atoms with Crippen molar-refractivity contribution in [3.05, 3.63) is 51.5 Å². The molecule has 106 valence electrons. The van der Waals surface area contributed by atoms with Crippen LogP contribution in [0.2, 0.25) is 0 Å². The Balaban J connectivity index is 2.12. The topological polar surface area (TPSA) is 24.9 Å². The van der Waals surface area contributed by atoms with E-state index >= 15 is 0 Å². The highest BCUT2D eigenvalue weighted by Gasteiger charge is 2.39. The standard InChI is InChI=1S/C17H22N2S/c1-12(2)15-11-20-16(19-15)17(18-3)10-6-8-13-7-4-5-9-14(13)17/h4-5,7,9,11-12,18H,6,8,10H2,1-3H3. The van der Waals surface area contributed by atoms with Crippen molar-refractivity contribution in [3.63, 3.8) is 0 Å². The first-order valence-corrected chi connectivity index (χ1v) is 8.28. The van der Waals surface area contributed by atoms with Crippen LogP contribution in [-0.2, 0) is 12.0 Å². The van der Waals surface area contributed by atoms with E-state index in [9.17, 15) is 0 Å². The fraction of sp³-hybridized carbons (Fsp3) is 0.471. The summed E-state index contributed by atoms with van der Waals surface area (Å²) >= 11 is 1.80. The minimum atomic E-state index is -0.0906. The fourth-order valence-electron chi connectivity index (χ4n) is 3.17. The van der Waals surface area contributed by atoms with Crippen molar-refractivity contribution in [2.45, 2.75) is 44.6 Å². The van der Waals surface area contributed by atoms with Gasteiger partial charge in [-0.1, -0.05) is 38.1 Å². The molecule has 1 unspecified atom stereocenters. The van der Waals surface area contributed by atoms with Crippen molar-refractivity contribution < 1.29 is 0 Å². The van der Waals surface area contributed by atoms with Gasteiger partial charge in [0, 0.05) is 5.38 Å². The molecule has 0 saturated carbocycles. The number of benzene rings is 1. The Morgan fingerprint density at radius 1 is 1.30 bits per heavy atom. The predicted molar refractivity (Wildman–Crippen MR) is 85.4 cm³/mol. The summed E-state index contributed by atoms with van der Waals surface area (Å²) in [5.41, 5.74) is 4.00. The molecule has 1 N–H and O–H groups in total. The fourth-order valence-corrected chi connectivity index (χ4v) is 4.40. The van der Waals surface area contributed by atoms with Crippen molar-refractivity contribution in [3.8, 4) is 0 Å². The lowest BCUT2D eigenvalue weighted by Crippen LogP contribution is -2.43. The van der Waals surface area contributed by atoms with Crippen molar-refractivity contribution in [2.24, 2.45) is 0 Å². The van der Waals surface area contributed by atoms with Crippen molar-refractivity contribution in [2.75, 3.05) is 7.05 Å². The Kier molecular flexibility index (Phi) is 3.65. The zero-order valence-electron chi connectivity index (χ0n) is 12.4. The average molecular weight is 286 g/mol. The van der Waals surface area contributed by atoms with Gasteiger partial charge in [0.05, 0.1) is 11.2 Å². The quantitative estimate of drug-likeness (QED) is 0.920. The lowest BCUT2D eigenvalue weighted by molar-refractivity contribution is 0.368. The first-order chi connectivity index (χ1) is 9.67. The van der Waals surface area contributed by atoms with Gasteiger partial charge in [-0.05, 0) is 43.4 Å². The van der Waals surface area contributed by atoms with E-state index in [2.05, 4.69) is 55.9 Å². The summed E-state index contributed by atoms with van der Waals surface area (Å²) in [4.78, 5) is 4.93. The zero-order valence-corrected chi connectivity index (χ0v) is 13.3. The molecule has 0 bridgehead atoms. The SMILES string of the molecule is CNC1(c2nc(C(C)C)cs2)CCCc2ccccc21. The first kappa shape index (κ1) is 13.8. The number of thiazole rings is 1. The zero-order chi connectivity index (χ0) is 14.2. The van der Waals surface area contributed by atoms with Gasteiger partial charge in [-0.3, -0.25) is 0 Å². The second kappa shape index (κ2) is 5.30. The van der Waals surface area contributed by atoms with Crippen molar-refractivity contribution in [1.82, 2.24) is 10.3 Å². The molecular weight excluding hydrogens is 264 g/mol. The molecule has 1 aromatic carbocycles. The maximum Gasteiger partial charge on any atom is 0.118 e. The van der Waals surface area contributed by atoms with Crippen LogP contribution in [0, 0.1) is 0 Å². The van der Waals surface area contributed by atoms with Gasteiger partial charge in [0.25, 0.3) is 0 Å². The highest BCUT2D eigenvalue weighted by molar-refractivity contribution is 7.09. The Morgan fingerprint density at radius 3 is 2.80 bits per heavy atom. The molecular formula is C17H22N2S. The van der Waals surface area contributed by atoms with Gasteiger partial charge in [-0.15, -0.1) is 11.3 Å². The molecule has 0 fully saturated rings. The van der Waals surface area contributed by atoms with Crippen LogP contribution >= 0.6 is 11.3 Å². The first-order valence-electron chi connectivity index (χ1n) is 7.40. The molecule has 1 aliphatic carbocycles. The van der Waals surface area contributed by atoms with E-state index in [1.165, 1.54) is 34.7 Å². The Bertz CT molecular complexity index is 603. The molecule has 2 nitrogen and oxygen atoms in total. The number of nitrogens with zero attached hydrogens (tertiary/aromatic N) is 1. The van der Waals surface area contributed by atoms with Crippen LogP contribution in [0.15, 0.2) is 29.6 Å². The monoisotopic (exact) mass is 286 g/mol. The van der Waals surface area contributed by atoms with Gasteiger partial charge < -0.3 is 5.32 Å². The third-order valence-corrected chi connectivity index (χ3v) is 5.40. The van der Waals surface area contributed by atoms with E-state index in [0.717, 1.165) is 6.42 Å². The van der Waals surface area contributed by atoms with Gasteiger partial charge >= 0.3 is 0 Å². The van der Waals surface area contributed by atoms with Crippen molar-refractivity contribution in [1.29, 1.82) is 0 Å². The summed E-state index contributed by atoms with van der Waals surface area (Å²) < 4.78 is 0. The predicted octanol–water partition coefficient (Wildman–Crippen LogP) is 4.07. The van der Waals surface area contributed by atoms with Crippen LogP contribution in [-0.4, -0.2) is 12.0 Å². The minimum absolute atomic E-state index is 0.0906. The largest absolute Gasteiger partial charge is 0.305 e. The molecule has 3 heteroatoms. The molecule has 3 rings (SSSR count). The number of aromatic nitrogens is 1. The lowest BCUT2D eigenvalue weighted by Gasteiger charge is -2.37. The van der Waals surface area contributed by atoms with Gasteiger partial charge in [0.15, 0.2) is 0 Å². The van der Waals surface area contributed by atoms with E-state index in [4.69, 9.17) is 4.98 Å². The minimum Gasteiger partial charge on any atom is -0.305 e. The molecule has 0 radical (unpaired) electrons. The summed E-state index contributed by atoms with van der Waals surface area (Å²) in [6.07, 6.45) is 3.53. The van der Waals surface area contributed by atoms with Crippen LogP contribution in [0.25, 0.3) is 0 Å².